The number of thioether (sulfide) groups is 1. The zero-order chi connectivity index (χ0) is 16.9. The van der Waals surface area contributed by atoms with E-state index in [1.807, 2.05) is 36.4 Å². The number of hydrogen-bond donors (Lipinski definition) is 2. The van der Waals surface area contributed by atoms with Crippen LogP contribution in [0.1, 0.15) is 39.6 Å². The molecule has 2 aromatic carbocycles. The average Bonchev–Trinajstić information content (AvgIpc) is 2.61. The Morgan fingerprint density at radius 1 is 1.25 bits per heavy atom. The Hall–Kier alpha value is -1.98. The molecular weight excluding hydrogens is 322 g/mol. The molecule has 5 heteroatoms. The number of esters is 1. The van der Waals surface area contributed by atoms with Crippen molar-refractivity contribution in [2.75, 3.05) is 11.5 Å². The van der Waals surface area contributed by atoms with Crippen LogP contribution >= 0.6 is 11.8 Å². The van der Waals surface area contributed by atoms with Gasteiger partial charge in [-0.15, -0.1) is 0 Å². The quantitative estimate of drug-likeness (QED) is 0.656. The lowest BCUT2D eigenvalue weighted by Gasteiger charge is -2.26. The fourth-order valence-electron chi connectivity index (χ4n) is 2.76. The summed E-state index contributed by atoms with van der Waals surface area (Å²) >= 11 is 1.80. The van der Waals surface area contributed by atoms with Crippen molar-refractivity contribution in [3.8, 4) is 0 Å². The molecule has 0 aromatic heterocycles. The molecule has 2 aromatic rings. The van der Waals surface area contributed by atoms with Gasteiger partial charge in [-0.05, 0) is 41.9 Å². The van der Waals surface area contributed by atoms with Crippen molar-refractivity contribution in [2.45, 2.75) is 30.8 Å². The smallest absolute Gasteiger partial charge is 0.340 e. The summed E-state index contributed by atoms with van der Waals surface area (Å²) in [5.74, 6) is 0.504. The van der Waals surface area contributed by atoms with Gasteiger partial charge in [-0.1, -0.05) is 36.4 Å². The summed E-state index contributed by atoms with van der Waals surface area (Å²) in [4.78, 5) is 12.4. The molecule has 1 aliphatic heterocycles. The molecular formula is C19H21NO3S. The number of carbonyl (C=O) groups is 1. The van der Waals surface area contributed by atoms with Gasteiger partial charge in [0.05, 0.1) is 11.7 Å². The first-order chi connectivity index (χ1) is 11.6. The fourth-order valence-corrected chi connectivity index (χ4v) is 4.15. The molecule has 4 nitrogen and oxygen atoms in total. The first kappa shape index (κ1) is 16.9. The highest BCUT2D eigenvalue weighted by molar-refractivity contribution is 7.99. The molecule has 0 spiro atoms. The van der Waals surface area contributed by atoms with Crippen molar-refractivity contribution in [1.29, 1.82) is 0 Å². The molecule has 2 unspecified atom stereocenters. The summed E-state index contributed by atoms with van der Waals surface area (Å²) in [6.07, 6.45) is 1.25. The normalized spacial score (nSPS) is 20.5. The van der Waals surface area contributed by atoms with Crippen molar-refractivity contribution in [1.82, 2.24) is 0 Å². The Kier molecular flexibility index (Phi) is 5.43. The van der Waals surface area contributed by atoms with E-state index in [1.165, 1.54) is 0 Å². The largest absolute Gasteiger partial charge is 0.457 e. The Morgan fingerprint density at radius 3 is 2.79 bits per heavy atom. The lowest BCUT2D eigenvalue weighted by molar-refractivity contribution is 0.0474. The van der Waals surface area contributed by atoms with E-state index < -0.39 is 5.97 Å². The number of carbonyl (C=O) groups excluding carboxylic acids is 1. The summed E-state index contributed by atoms with van der Waals surface area (Å²) in [6.45, 7) is 0.222. The second-order valence-electron chi connectivity index (χ2n) is 5.95. The molecule has 1 heterocycles. The van der Waals surface area contributed by atoms with E-state index in [0.29, 0.717) is 17.7 Å². The minimum atomic E-state index is -0.417. The van der Waals surface area contributed by atoms with Gasteiger partial charge < -0.3 is 15.6 Å². The van der Waals surface area contributed by atoms with Gasteiger partial charge in [0.25, 0.3) is 0 Å². The van der Waals surface area contributed by atoms with Crippen molar-refractivity contribution in [3.63, 3.8) is 0 Å². The lowest BCUT2D eigenvalue weighted by Crippen LogP contribution is -2.18. The Morgan fingerprint density at radius 2 is 2.04 bits per heavy atom. The lowest BCUT2D eigenvalue weighted by atomic mass is 10.0. The van der Waals surface area contributed by atoms with Gasteiger partial charge in [-0.3, -0.25) is 0 Å². The zero-order valence-corrected chi connectivity index (χ0v) is 14.2. The van der Waals surface area contributed by atoms with E-state index in [0.717, 1.165) is 23.3 Å². The average molecular weight is 343 g/mol. The monoisotopic (exact) mass is 343 g/mol. The molecule has 0 bridgehead atoms. The van der Waals surface area contributed by atoms with Crippen LogP contribution in [0, 0.1) is 0 Å². The molecule has 3 N–H and O–H groups in total. The van der Waals surface area contributed by atoms with Gasteiger partial charge in [-0.25, -0.2) is 4.79 Å². The van der Waals surface area contributed by atoms with E-state index in [9.17, 15) is 9.90 Å². The standard InChI is InChI=1S/C19H21NO3S/c20-17-7-6-14(18-11-15(21)8-9-24-18)10-16(17)19(22)23-12-13-4-2-1-3-5-13/h1-7,10,15,18,21H,8-9,11-12,20H2. The van der Waals surface area contributed by atoms with Crippen LogP contribution in [0.3, 0.4) is 0 Å². The second-order valence-corrected chi connectivity index (χ2v) is 7.26. The number of anilines is 1. The number of hydrogen-bond acceptors (Lipinski definition) is 5. The van der Waals surface area contributed by atoms with Gasteiger partial charge in [0.1, 0.15) is 6.61 Å². The second kappa shape index (κ2) is 7.73. The minimum absolute atomic E-state index is 0.190. The highest BCUT2D eigenvalue weighted by Gasteiger charge is 2.23. The zero-order valence-electron chi connectivity index (χ0n) is 13.4. The molecule has 3 rings (SSSR count). The maximum atomic E-state index is 12.4. The van der Waals surface area contributed by atoms with Crippen LogP contribution in [0.15, 0.2) is 48.5 Å². The van der Waals surface area contributed by atoms with Gasteiger partial charge >= 0.3 is 5.97 Å². The van der Waals surface area contributed by atoms with Crippen LogP contribution in [0.4, 0.5) is 5.69 Å². The first-order valence-corrected chi connectivity index (χ1v) is 9.08. The summed E-state index contributed by atoms with van der Waals surface area (Å²) in [5, 5.41) is 10.0. The Labute approximate surface area is 146 Å². The molecule has 126 valence electrons. The molecule has 0 saturated carbocycles. The topological polar surface area (TPSA) is 72.5 Å². The molecule has 0 amide bonds. The summed E-state index contributed by atoms with van der Waals surface area (Å²) < 4.78 is 5.38. The summed E-state index contributed by atoms with van der Waals surface area (Å²) in [6, 6.07) is 15.0. The van der Waals surface area contributed by atoms with Crippen LogP contribution < -0.4 is 5.73 Å². The maximum absolute atomic E-state index is 12.4. The number of benzene rings is 2. The van der Waals surface area contributed by atoms with Crippen LogP contribution in [0.5, 0.6) is 0 Å². The third kappa shape index (κ3) is 4.10. The molecule has 2 atom stereocenters. The van der Waals surface area contributed by atoms with Crippen LogP contribution in [0.25, 0.3) is 0 Å². The summed E-state index contributed by atoms with van der Waals surface area (Å²) in [5.41, 5.74) is 8.72. The number of rotatable bonds is 4. The van der Waals surface area contributed by atoms with Gasteiger partial charge in [-0.2, -0.15) is 11.8 Å². The molecule has 1 aliphatic rings. The Bertz CT molecular complexity index is 705. The number of nitrogen functional groups attached to an aromatic ring is 1. The number of ether oxygens (including phenoxy) is 1. The minimum Gasteiger partial charge on any atom is -0.457 e. The van der Waals surface area contributed by atoms with E-state index in [4.69, 9.17) is 10.5 Å². The molecule has 0 radical (unpaired) electrons. The maximum Gasteiger partial charge on any atom is 0.340 e. The predicted molar refractivity (Wildman–Crippen MR) is 96.9 cm³/mol. The number of aliphatic hydroxyl groups is 1. The highest BCUT2D eigenvalue weighted by atomic mass is 32.2. The highest BCUT2D eigenvalue weighted by Crippen LogP contribution is 2.39. The van der Waals surface area contributed by atoms with Crippen LogP contribution in [0.2, 0.25) is 0 Å². The van der Waals surface area contributed by atoms with Crippen molar-refractivity contribution in [2.24, 2.45) is 0 Å². The van der Waals surface area contributed by atoms with E-state index in [1.54, 1.807) is 23.9 Å². The van der Waals surface area contributed by atoms with E-state index >= 15 is 0 Å². The summed E-state index contributed by atoms with van der Waals surface area (Å²) in [7, 11) is 0. The van der Waals surface area contributed by atoms with Crippen molar-refractivity contribution >= 4 is 23.4 Å². The van der Waals surface area contributed by atoms with E-state index in [2.05, 4.69) is 0 Å². The Balaban J connectivity index is 1.72. The predicted octanol–water partition coefficient (Wildman–Crippen LogP) is 3.55. The van der Waals surface area contributed by atoms with E-state index in [-0.39, 0.29) is 18.0 Å². The van der Waals surface area contributed by atoms with Crippen LogP contribution in [-0.2, 0) is 11.3 Å². The molecule has 1 saturated heterocycles. The van der Waals surface area contributed by atoms with Gasteiger partial charge in [0.15, 0.2) is 0 Å². The van der Waals surface area contributed by atoms with Gasteiger partial charge in [0.2, 0.25) is 0 Å². The van der Waals surface area contributed by atoms with Crippen molar-refractivity contribution < 1.29 is 14.6 Å². The molecule has 1 fully saturated rings. The molecule has 24 heavy (non-hydrogen) atoms. The number of aliphatic hydroxyl groups excluding tert-OH is 1. The van der Waals surface area contributed by atoms with Gasteiger partial charge in [0, 0.05) is 10.9 Å². The first-order valence-electron chi connectivity index (χ1n) is 8.03. The third-order valence-electron chi connectivity index (χ3n) is 4.14. The van der Waals surface area contributed by atoms with Crippen molar-refractivity contribution in [3.05, 3.63) is 65.2 Å². The third-order valence-corrected chi connectivity index (χ3v) is 5.48. The number of nitrogens with two attached hydrogens (primary N) is 1. The molecule has 0 aliphatic carbocycles. The SMILES string of the molecule is Nc1ccc(C2CC(O)CCS2)cc1C(=O)OCc1ccccc1. The van der Waals surface area contributed by atoms with Crippen LogP contribution in [-0.4, -0.2) is 22.9 Å². The fraction of sp³-hybridized carbons (Fsp3) is 0.316.